The van der Waals surface area contributed by atoms with Gasteiger partial charge in [0.15, 0.2) is 0 Å². The standard InChI is InChI=1S/C8H10N4O5/c13-6(2-12-4-9-3-10-12)11-5(8(16)17)1-7(14)15/h3-5H,1-2H2,(H,11,13)(H,14,15)(H,16,17). The largest absolute Gasteiger partial charge is 0.481 e. The minimum atomic E-state index is -1.46. The molecule has 0 aliphatic carbocycles. The van der Waals surface area contributed by atoms with Crippen LogP contribution in [0.15, 0.2) is 12.7 Å². The molecule has 0 aliphatic heterocycles. The van der Waals surface area contributed by atoms with Crippen molar-refractivity contribution in [2.45, 2.75) is 19.0 Å². The third-order valence-corrected chi connectivity index (χ3v) is 1.78. The van der Waals surface area contributed by atoms with Crippen molar-refractivity contribution in [2.24, 2.45) is 0 Å². The van der Waals surface area contributed by atoms with Crippen LogP contribution < -0.4 is 5.32 Å². The molecule has 0 saturated carbocycles. The van der Waals surface area contributed by atoms with Crippen molar-refractivity contribution in [1.82, 2.24) is 20.1 Å². The van der Waals surface area contributed by atoms with Gasteiger partial charge in [-0.05, 0) is 0 Å². The van der Waals surface area contributed by atoms with E-state index in [0.29, 0.717) is 0 Å². The first-order valence-electron chi connectivity index (χ1n) is 4.55. The third kappa shape index (κ3) is 4.28. The Bertz CT molecular complexity index is 416. The molecule has 0 spiro atoms. The first-order valence-corrected chi connectivity index (χ1v) is 4.55. The van der Waals surface area contributed by atoms with E-state index in [1.54, 1.807) is 0 Å². The topological polar surface area (TPSA) is 134 Å². The van der Waals surface area contributed by atoms with Crippen LogP contribution in [0, 0.1) is 0 Å². The number of aliphatic carboxylic acids is 2. The molecule has 9 nitrogen and oxygen atoms in total. The first kappa shape index (κ1) is 12.6. The molecule has 1 rings (SSSR count). The zero-order chi connectivity index (χ0) is 12.8. The number of nitrogens with one attached hydrogen (secondary N) is 1. The fourth-order valence-electron chi connectivity index (χ4n) is 1.08. The number of aromatic nitrogens is 3. The predicted molar refractivity (Wildman–Crippen MR) is 51.8 cm³/mol. The van der Waals surface area contributed by atoms with E-state index in [0.717, 1.165) is 0 Å². The van der Waals surface area contributed by atoms with Crippen molar-refractivity contribution in [3.8, 4) is 0 Å². The second kappa shape index (κ2) is 5.58. The number of nitrogens with zero attached hydrogens (tertiary/aromatic N) is 3. The Labute approximate surface area is 95.1 Å². The molecule has 1 aromatic rings. The molecule has 3 N–H and O–H groups in total. The number of hydrogen-bond acceptors (Lipinski definition) is 5. The van der Waals surface area contributed by atoms with E-state index in [4.69, 9.17) is 10.2 Å². The normalized spacial score (nSPS) is 11.8. The minimum Gasteiger partial charge on any atom is -0.481 e. The van der Waals surface area contributed by atoms with Crippen molar-refractivity contribution in [1.29, 1.82) is 0 Å². The Morgan fingerprint density at radius 2 is 2.06 bits per heavy atom. The van der Waals surface area contributed by atoms with E-state index < -0.39 is 30.3 Å². The Hall–Kier alpha value is -2.45. The Balaban J connectivity index is 2.52. The number of amides is 1. The summed E-state index contributed by atoms with van der Waals surface area (Å²) < 4.78 is 1.19. The lowest BCUT2D eigenvalue weighted by atomic mass is 10.2. The maximum absolute atomic E-state index is 11.4. The van der Waals surface area contributed by atoms with Crippen molar-refractivity contribution in [3.05, 3.63) is 12.7 Å². The van der Waals surface area contributed by atoms with Crippen LogP contribution >= 0.6 is 0 Å². The highest BCUT2D eigenvalue weighted by atomic mass is 16.4. The number of carboxylic acid groups (broad SMARTS) is 2. The van der Waals surface area contributed by atoms with E-state index >= 15 is 0 Å². The van der Waals surface area contributed by atoms with Gasteiger partial charge in [0.1, 0.15) is 25.2 Å². The molecule has 1 unspecified atom stereocenters. The molecule has 0 bridgehead atoms. The molecule has 1 amide bonds. The highest BCUT2D eigenvalue weighted by molar-refractivity contribution is 5.86. The summed E-state index contributed by atoms with van der Waals surface area (Å²) in [6.45, 7) is -0.219. The maximum Gasteiger partial charge on any atom is 0.326 e. The van der Waals surface area contributed by atoms with Crippen LogP contribution in [0.1, 0.15) is 6.42 Å². The van der Waals surface area contributed by atoms with Crippen LogP contribution in [0.3, 0.4) is 0 Å². The molecular weight excluding hydrogens is 232 g/mol. The Morgan fingerprint density at radius 1 is 1.35 bits per heavy atom. The lowest BCUT2D eigenvalue weighted by Crippen LogP contribution is -2.43. The quantitative estimate of drug-likeness (QED) is 0.542. The summed E-state index contributed by atoms with van der Waals surface area (Å²) in [5.41, 5.74) is 0. The van der Waals surface area contributed by atoms with Crippen LogP contribution in [0.5, 0.6) is 0 Å². The van der Waals surface area contributed by atoms with E-state index in [1.807, 2.05) is 0 Å². The zero-order valence-electron chi connectivity index (χ0n) is 8.61. The number of hydrogen-bond donors (Lipinski definition) is 3. The van der Waals surface area contributed by atoms with Crippen molar-refractivity contribution < 1.29 is 24.6 Å². The van der Waals surface area contributed by atoms with Gasteiger partial charge in [-0.25, -0.2) is 14.5 Å². The molecule has 0 fully saturated rings. The SMILES string of the molecule is O=C(O)CC(NC(=O)Cn1cncn1)C(=O)O. The highest BCUT2D eigenvalue weighted by Gasteiger charge is 2.22. The summed E-state index contributed by atoms with van der Waals surface area (Å²) in [5, 5.41) is 22.9. The third-order valence-electron chi connectivity index (χ3n) is 1.78. The molecule has 17 heavy (non-hydrogen) atoms. The summed E-state index contributed by atoms with van der Waals surface area (Å²) in [5.74, 6) is -3.36. The van der Waals surface area contributed by atoms with Gasteiger partial charge in [-0.1, -0.05) is 0 Å². The summed E-state index contributed by atoms with van der Waals surface area (Å²) in [6, 6.07) is -1.46. The van der Waals surface area contributed by atoms with Gasteiger partial charge in [-0.15, -0.1) is 0 Å². The smallest absolute Gasteiger partial charge is 0.326 e. The predicted octanol–water partition coefficient (Wildman–Crippen LogP) is -1.68. The molecule has 1 aromatic heterocycles. The van der Waals surface area contributed by atoms with Crippen molar-refractivity contribution in [2.75, 3.05) is 0 Å². The first-order chi connectivity index (χ1) is 7.99. The number of carbonyl (C=O) groups excluding carboxylic acids is 1. The summed E-state index contributed by atoms with van der Waals surface area (Å²) >= 11 is 0. The second-order valence-electron chi connectivity index (χ2n) is 3.15. The van der Waals surface area contributed by atoms with Gasteiger partial charge in [0, 0.05) is 0 Å². The Kier molecular flexibility index (Phi) is 4.14. The van der Waals surface area contributed by atoms with Gasteiger partial charge in [0.2, 0.25) is 5.91 Å². The van der Waals surface area contributed by atoms with Gasteiger partial charge in [-0.2, -0.15) is 5.10 Å². The molecule has 0 saturated heterocycles. The molecule has 9 heteroatoms. The number of carboxylic acids is 2. The molecule has 1 heterocycles. The summed E-state index contributed by atoms with van der Waals surface area (Å²) in [4.78, 5) is 36.0. The van der Waals surface area contributed by atoms with Crippen LogP contribution in [0.4, 0.5) is 0 Å². The minimum absolute atomic E-state index is 0.219. The van der Waals surface area contributed by atoms with Gasteiger partial charge in [0.25, 0.3) is 0 Å². The Morgan fingerprint density at radius 3 is 2.53 bits per heavy atom. The number of carbonyl (C=O) groups is 3. The average molecular weight is 242 g/mol. The lowest BCUT2D eigenvalue weighted by molar-refractivity contribution is -0.147. The van der Waals surface area contributed by atoms with E-state index in [1.165, 1.54) is 17.3 Å². The van der Waals surface area contributed by atoms with Crippen LogP contribution in [-0.2, 0) is 20.9 Å². The number of rotatable bonds is 6. The molecular formula is C8H10N4O5. The highest BCUT2D eigenvalue weighted by Crippen LogP contribution is 1.93. The summed E-state index contributed by atoms with van der Waals surface area (Å²) in [7, 11) is 0. The maximum atomic E-state index is 11.4. The zero-order valence-corrected chi connectivity index (χ0v) is 8.61. The van der Waals surface area contributed by atoms with Gasteiger partial charge in [0.05, 0.1) is 6.42 Å². The molecule has 0 aromatic carbocycles. The van der Waals surface area contributed by atoms with Crippen LogP contribution in [0.2, 0.25) is 0 Å². The second-order valence-corrected chi connectivity index (χ2v) is 3.15. The van der Waals surface area contributed by atoms with Gasteiger partial charge >= 0.3 is 11.9 Å². The van der Waals surface area contributed by atoms with E-state index in [2.05, 4.69) is 15.4 Å². The van der Waals surface area contributed by atoms with E-state index in [9.17, 15) is 14.4 Å². The van der Waals surface area contributed by atoms with Gasteiger partial charge in [-0.3, -0.25) is 9.59 Å². The molecule has 0 aliphatic rings. The summed E-state index contributed by atoms with van der Waals surface area (Å²) in [6.07, 6.45) is 1.82. The fraction of sp³-hybridized carbons (Fsp3) is 0.375. The molecule has 92 valence electrons. The monoisotopic (exact) mass is 242 g/mol. The van der Waals surface area contributed by atoms with Crippen molar-refractivity contribution in [3.63, 3.8) is 0 Å². The molecule has 1 atom stereocenters. The van der Waals surface area contributed by atoms with E-state index in [-0.39, 0.29) is 6.54 Å². The lowest BCUT2D eigenvalue weighted by Gasteiger charge is -2.11. The average Bonchev–Trinajstić information content (AvgIpc) is 2.68. The fourth-order valence-corrected chi connectivity index (χ4v) is 1.08. The van der Waals surface area contributed by atoms with Crippen LogP contribution in [0.25, 0.3) is 0 Å². The van der Waals surface area contributed by atoms with Crippen LogP contribution in [-0.4, -0.2) is 48.9 Å². The van der Waals surface area contributed by atoms with Crippen molar-refractivity contribution >= 4 is 17.8 Å². The molecule has 0 radical (unpaired) electrons. The van der Waals surface area contributed by atoms with Gasteiger partial charge < -0.3 is 15.5 Å².